The fourth-order valence-corrected chi connectivity index (χ4v) is 3.04. The third kappa shape index (κ3) is 2.67. The number of nitrogens with zero attached hydrogens (tertiary/aromatic N) is 2. The van der Waals surface area contributed by atoms with Crippen molar-refractivity contribution in [3.63, 3.8) is 0 Å². The maximum atomic E-state index is 13.5. The molecule has 0 amide bonds. The highest BCUT2D eigenvalue weighted by Crippen LogP contribution is 2.38. The molecule has 0 saturated heterocycles. The van der Waals surface area contributed by atoms with Crippen LogP contribution in [0.1, 0.15) is 12.0 Å². The third-order valence-electron chi connectivity index (χ3n) is 3.88. The minimum atomic E-state index is -0.911. The van der Waals surface area contributed by atoms with Crippen molar-refractivity contribution in [1.29, 1.82) is 0 Å². The second-order valence-corrected chi connectivity index (χ2v) is 5.99. The third-order valence-corrected chi connectivity index (χ3v) is 4.16. The lowest BCUT2D eigenvalue weighted by Gasteiger charge is -2.12. The molecule has 4 rings (SSSR count). The van der Waals surface area contributed by atoms with Crippen LogP contribution in [-0.4, -0.2) is 22.8 Å². The largest absolute Gasteiger partial charge is 0.489 e. The van der Waals surface area contributed by atoms with E-state index in [0.29, 0.717) is 47.3 Å². The molecule has 2 heterocycles. The molecular weight excluding hydrogens is 338 g/mol. The van der Waals surface area contributed by atoms with E-state index in [-0.39, 0.29) is 0 Å². The van der Waals surface area contributed by atoms with Crippen molar-refractivity contribution in [1.82, 2.24) is 9.55 Å². The first-order chi connectivity index (χ1) is 11.6. The van der Waals surface area contributed by atoms with Crippen LogP contribution in [0.5, 0.6) is 11.5 Å². The van der Waals surface area contributed by atoms with E-state index in [4.69, 9.17) is 21.1 Å². The topological polar surface area (TPSA) is 36.3 Å². The van der Waals surface area contributed by atoms with Crippen LogP contribution in [0.4, 0.5) is 8.78 Å². The molecule has 4 nitrogen and oxygen atoms in total. The second kappa shape index (κ2) is 5.94. The normalized spacial score (nSPS) is 14.0. The average molecular weight is 351 g/mol. The van der Waals surface area contributed by atoms with E-state index in [1.165, 1.54) is 0 Å². The van der Waals surface area contributed by atoms with Gasteiger partial charge in [-0.3, -0.25) is 0 Å². The highest BCUT2D eigenvalue weighted by Gasteiger charge is 2.16. The van der Waals surface area contributed by atoms with Crippen molar-refractivity contribution in [3.8, 4) is 11.5 Å². The summed E-state index contributed by atoms with van der Waals surface area (Å²) in [5.74, 6) is -0.675. The maximum absolute atomic E-state index is 13.5. The van der Waals surface area contributed by atoms with Crippen LogP contribution in [0.2, 0.25) is 5.02 Å². The van der Waals surface area contributed by atoms with Gasteiger partial charge in [0, 0.05) is 25.1 Å². The molecule has 0 unspecified atom stereocenters. The summed E-state index contributed by atoms with van der Waals surface area (Å²) in [5.41, 5.74) is 1.76. The van der Waals surface area contributed by atoms with Crippen molar-refractivity contribution in [2.45, 2.75) is 13.0 Å². The molecule has 2 aromatic carbocycles. The molecule has 0 atom stereocenters. The number of benzene rings is 2. The van der Waals surface area contributed by atoms with Crippen molar-refractivity contribution >= 4 is 22.6 Å². The van der Waals surface area contributed by atoms with Crippen LogP contribution in [0.3, 0.4) is 0 Å². The van der Waals surface area contributed by atoms with Gasteiger partial charge in [0.05, 0.1) is 35.6 Å². The number of ether oxygens (including phenoxy) is 2. The van der Waals surface area contributed by atoms with Gasteiger partial charge in [-0.1, -0.05) is 11.6 Å². The predicted octanol–water partition coefficient (Wildman–Crippen LogP) is 4.18. The van der Waals surface area contributed by atoms with Gasteiger partial charge in [0.25, 0.3) is 0 Å². The maximum Gasteiger partial charge on any atom is 0.179 e. The van der Waals surface area contributed by atoms with Crippen LogP contribution < -0.4 is 9.47 Å². The number of fused-ring (bicyclic) bond motifs is 2. The molecule has 1 aliphatic heterocycles. The summed E-state index contributed by atoms with van der Waals surface area (Å²) in [7, 11) is 0. The Morgan fingerprint density at radius 2 is 1.88 bits per heavy atom. The summed E-state index contributed by atoms with van der Waals surface area (Å²) in [6, 6.07) is 5.85. The fraction of sp³-hybridized carbons (Fsp3) is 0.235. The monoisotopic (exact) mass is 350 g/mol. The quantitative estimate of drug-likeness (QED) is 0.695. The number of hydrogen-bond donors (Lipinski definition) is 0. The molecule has 0 aliphatic carbocycles. The first kappa shape index (κ1) is 15.2. The number of imidazole rings is 1. The van der Waals surface area contributed by atoms with Crippen LogP contribution >= 0.6 is 11.6 Å². The molecule has 1 aromatic heterocycles. The minimum absolute atomic E-state index is 0.398. The Kier molecular flexibility index (Phi) is 3.76. The lowest BCUT2D eigenvalue weighted by atomic mass is 10.2. The fourth-order valence-electron chi connectivity index (χ4n) is 2.75. The van der Waals surface area contributed by atoms with E-state index >= 15 is 0 Å². The Labute approximate surface area is 141 Å². The zero-order valence-corrected chi connectivity index (χ0v) is 13.3. The van der Waals surface area contributed by atoms with Gasteiger partial charge in [0.1, 0.15) is 0 Å². The Hall–Kier alpha value is -2.34. The van der Waals surface area contributed by atoms with E-state index in [2.05, 4.69) is 4.98 Å². The SMILES string of the molecule is Fc1cc2ncn(Cc3cc(Cl)c4c(c3)OCCCO4)c2cc1F. The van der Waals surface area contributed by atoms with Crippen molar-refractivity contribution in [3.05, 3.63) is 52.8 Å². The van der Waals surface area contributed by atoms with E-state index in [1.807, 2.05) is 6.07 Å². The van der Waals surface area contributed by atoms with Gasteiger partial charge in [-0.15, -0.1) is 0 Å². The molecule has 0 fully saturated rings. The Bertz CT molecular complexity index is 927. The molecular formula is C17H13ClF2N2O2. The summed E-state index contributed by atoms with van der Waals surface area (Å²) in [5, 5.41) is 0.464. The van der Waals surface area contributed by atoms with Gasteiger partial charge in [0.2, 0.25) is 0 Å². The molecule has 0 spiro atoms. The smallest absolute Gasteiger partial charge is 0.179 e. The van der Waals surface area contributed by atoms with Crippen molar-refractivity contribution in [2.75, 3.05) is 13.2 Å². The lowest BCUT2D eigenvalue weighted by Crippen LogP contribution is -2.00. The first-order valence-electron chi connectivity index (χ1n) is 7.50. The standard InChI is InChI=1S/C17H13ClF2N2O2/c18-11-4-10(5-16-17(11)24-3-1-2-23-16)8-22-9-21-14-6-12(19)13(20)7-15(14)22/h4-7,9H,1-3,8H2. The van der Waals surface area contributed by atoms with E-state index in [9.17, 15) is 8.78 Å². The summed E-state index contributed by atoms with van der Waals surface area (Å²) in [4.78, 5) is 4.11. The molecule has 24 heavy (non-hydrogen) atoms. The van der Waals surface area contributed by atoms with Crippen LogP contribution in [0, 0.1) is 11.6 Å². The summed E-state index contributed by atoms with van der Waals surface area (Å²) in [6.45, 7) is 1.52. The van der Waals surface area contributed by atoms with E-state index < -0.39 is 11.6 Å². The number of aromatic nitrogens is 2. The zero-order valence-electron chi connectivity index (χ0n) is 12.6. The lowest BCUT2D eigenvalue weighted by molar-refractivity contribution is 0.297. The average Bonchev–Trinajstić information content (AvgIpc) is 2.78. The molecule has 0 saturated carbocycles. The van der Waals surface area contributed by atoms with E-state index in [1.54, 1.807) is 17.0 Å². The molecule has 0 radical (unpaired) electrons. The van der Waals surface area contributed by atoms with Gasteiger partial charge in [-0.05, 0) is 17.7 Å². The van der Waals surface area contributed by atoms with E-state index in [0.717, 1.165) is 24.1 Å². The predicted molar refractivity (Wildman–Crippen MR) is 85.8 cm³/mol. The molecule has 7 heteroatoms. The Morgan fingerprint density at radius 3 is 2.75 bits per heavy atom. The van der Waals surface area contributed by atoms with Gasteiger partial charge < -0.3 is 14.0 Å². The number of hydrogen-bond acceptors (Lipinski definition) is 3. The number of rotatable bonds is 2. The van der Waals surface area contributed by atoms with Gasteiger partial charge in [0.15, 0.2) is 23.1 Å². The van der Waals surface area contributed by atoms with Gasteiger partial charge in [-0.2, -0.15) is 0 Å². The van der Waals surface area contributed by atoms with Crippen LogP contribution in [0.25, 0.3) is 11.0 Å². The summed E-state index contributed by atoms with van der Waals surface area (Å²) in [6.07, 6.45) is 2.33. The van der Waals surface area contributed by atoms with Crippen molar-refractivity contribution < 1.29 is 18.3 Å². The van der Waals surface area contributed by atoms with Gasteiger partial charge in [-0.25, -0.2) is 13.8 Å². The molecule has 0 bridgehead atoms. The molecule has 0 N–H and O–H groups in total. The number of halogens is 3. The Morgan fingerprint density at radius 1 is 1.08 bits per heavy atom. The zero-order chi connectivity index (χ0) is 16.7. The first-order valence-corrected chi connectivity index (χ1v) is 7.87. The van der Waals surface area contributed by atoms with Crippen LogP contribution in [-0.2, 0) is 6.54 Å². The summed E-state index contributed by atoms with van der Waals surface area (Å²) < 4.78 is 39.8. The minimum Gasteiger partial charge on any atom is -0.489 e. The highest BCUT2D eigenvalue weighted by molar-refractivity contribution is 6.32. The summed E-state index contributed by atoms with van der Waals surface area (Å²) >= 11 is 6.28. The second-order valence-electron chi connectivity index (χ2n) is 5.58. The van der Waals surface area contributed by atoms with Crippen LogP contribution in [0.15, 0.2) is 30.6 Å². The Balaban J connectivity index is 1.72. The molecule has 124 valence electrons. The highest BCUT2D eigenvalue weighted by atomic mass is 35.5. The molecule has 3 aromatic rings. The van der Waals surface area contributed by atoms with Gasteiger partial charge >= 0.3 is 0 Å². The molecule has 1 aliphatic rings. The van der Waals surface area contributed by atoms with Crippen molar-refractivity contribution in [2.24, 2.45) is 0 Å².